The zero-order chi connectivity index (χ0) is 9.97. The summed E-state index contributed by atoms with van der Waals surface area (Å²) in [6.07, 6.45) is 2.73. The molecule has 0 aliphatic carbocycles. The van der Waals surface area contributed by atoms with Crippen molar-refractivity contribution in [3.8, 4) is 0 Å². The maximum absolute atomic E-state index is 3.45. The van der Waals surface area contributed by atoms with Gasteiger partial charge in [0.15, 0.2) is 0 Å². The van der Waals surface area contributed by atoms with Crippen molar-refractivity contribution in [2.75, 3.05) is 46.8 Å². The summed E-state index contributed by atoms with van der Waals surface area (Å²) in [5.74, 6) is 0.920. The minimum atomic E-state index is 0.802. The first-order valence-corrected chi connectivity index (χ1v) is 5.87. The Balaban J connectivity index is 1.92. The van der Waals surface area contributed by atoms with Gasteiger partial charge >= 0.3 is 0 Å². The number of nitrogens with one attached hydrogen (secondary N) is 1. The van der Waals surface area contributed by atoms with Crippen molar-refractivity contribution < 1.29 is 0 Å². The number of hydrogen-bond acceptors (Lipinski definition) is 3. The van der Waals surface area contributed by atoms with Crippen LogP contribution in [-0.4, -0.2) is 62.7 Å². The Bertz CT molecular complexity index is 177. The van der Waals surface area contributed by atoms with E-state index in [1.54, 1.807) is 0 Å². The summed E-state index contributed by atoms with van der Waals surface area (Å²) in [5, 5.41) is 3.45. The standard InChI is InChI=1S/C11H23N3/c1-13-7-8-14(2)11(9-13)10-3-5-12-6-4-10/h10-12H,3-9H2,1-2H3. The molecule has 1 atom stereocenters. The van der Waals surface area contributed by atoms with Gasteiger partial charge in [0, 0.05) is 25.7 Å². The molecule has 2 aliphatic heterocycles. The van der Waals surface area contributed by atoms with E-state index in [0.717, 1.165) is 12.0 Å². The van der Waals surface area contributed by atoms with Gasteiger partial charge in [-0.2, -0.15) is 0 Å². The molecule has 0 radical (unpaired) electrons. The molecule has 2 heterocycles. The number of nitrogens with zero attached hydrogens (tertiary/aromatic N) is 2. The maximum Gasteiger partial charge on any atom is 0.0249 e. The minimum Gasteiger partial charge on any atom is -0.317 e. The smallest absolute Gasteiger partial charge is 0.0249 e. The van der Waals surface area contributed by atoms with Gasteiger partial charge < -0.3 is 15.1 Å². The summed E-state index contributed by atoms with van der Waals surface area (Å²) < 4.78 is 0. The molecule has 2 saturated heterocycles. The van der Waals surface area contributed by atoms with Crippen LogP contribution in [0.2, 0.25) is 0 Å². The van der Waals surface area contributed by atoms with E-state index in [9.17, 15) is 0 Å². The number of likely N-dealkylation sites (N-methyl/N-ethyl adjacent to an activating group) is 2. The molecule has 14 heavy (non-hydrogen) atoms. The quantitative estimate of drug-likeness (QED) is 0.649. The molecule has 2 rings (SSSR count). The van der Waals surface area contributed by atoms with E-state index in [1.807, 2.05) is 0 Å². The molecule has 0 aromatic rings. The molecule has 1 N–H and O–H groups in total. The van der Waals surface area contributed by atoms with Crippen molar-refractivity contribution >= 4 is 0 Å². The average Bonchev–Trinajstić information content (AvgIpc) is 2.23. The third-order valence-corrected chi connectivity index (χ3v) is 3.83. The van der Waals surface area contributed by atoms with Crippen LogP contribution in [0, 0.1) is 5.92 Å². The van der Waals surface area contributed by atoms with Gasteiger partial charge in [-0.25, -0.2) is 0 Å². The topological polar surface area (TPSA) is 18.5 Å². The molecular weight excluding hydrogens is 174 g/mol. The predicted octanol–water partition coefficient (Wildman–Crippen LogP) is 0.232. The zero-order valence-electron chi connectivity index (χ0n) is 9.50. The lowest BCUT2D eigenvalue weighted by Gasteiger charge is -2.43. The Kier molecular flexibility index (Phi) is 3.42. The van der Waals surface area contributed by atoms with Gasteiger partial charge in [0.25, 0.3) is 0 Å². The Morgan fingerprint density at radius 1 is 1.07 bits per heavy atom. The first-order valence-electron chi connectivity index (χ1n) is 5.87. The summed E-state index contributed by atoms with van der Waals surface area (Å²) in [4.78, 5) is 5.04. The summed E-state index contributed by atoms with van der Waals surface area (Å²) in [6, 6.07) is 0.802. The normalized spacial score (nSPS) is 33.4. The third kappa shape index (κ3) is 2.27. The van der Waals surface area contributed by atoms with Crippen molar-refractivity contribution in [1.82, 2.24) is 15.1 Å². The van der Waals surface area contributed by atoms with Gasteiger partial charge in [-0.05, 0) is 45.9 Å². The minimum absolute atomic E-state index is 0.802. The van der Waals surface area contributed by atoms with E-state index in [1.165, 1.54) is 45.6 Å². The molecule has 1 unspecified atom stereocenters. The van der Waals surface area contributed by atoms with E-state index in [-0.39, 0.29) is 0 Å². The second-order valence-electron chi connectivity index (χ2n) is 4.90. The number of piperazine rings is 1. The lowest BCUT2D eigenvalue weighted by atomic mass is 9.88. The molecule has 2 aliphatic rings. The van der Waals surface area contributed by atoms with Gasteiger partial charge in [0.05, 0.1) is 0 Å². The Hall–Kier alpha value is -0.120. The highest BCUT2D eigenvalue weighted by molar-refractivity contribution is 4.86. The van der Waals surface area contributed by atoms with Crippen LogP contribution in [0.25, 0.3) is 0 Å². The molecular formula is C11H23N3. The van der Waals surface area contributed by atoms with Gasteiger partial charge in [-0.1, -0.05) is 0 Å². The summed E-state index contributed by atoms with van der Waals surface area (Å²) in [7, 11) is 4.54. The second kappa shape index (κ2) is 4.60. The highest BCUT2D eigenvalue weighted by Gasteiger charge is 2.30. The monoisotopic (exact) mass is 197 g/mol. The molecule has 82 valence electrons. The highest BCUT2D eigenvalue weighted by atomic mass is 15.3. The maximum atomic E-state index is 3.45. The van der Waals surface area contributed by atoms with E-state index in [4.69, 9.17) is 0 Å². The first-order chi connectivity index (χ1) is 6.77. The SMILES string of the molecule is CN1CCN(C)C(C2CCNCC2)C1. The summed E-state index contributed by atoms with van der Waals surface area (Å²) >= 11 is 0. The van der Waals surface area contributed by atoms with Gasteiger partial charge in [-0.15, -0.1) is 0 Å². The van der Waals surface area contributed by atoms with Crippen LogP contribution in [0.3, 0.4) is 0 Å². The van der Waals surface area contributed by atoms with Crippen molar-refractivity contribution in [2.24, 2.45) is 5.92 Å². The number of piperidine rings is 1. The van der Waals surface area contributed by atoms with Gasteiger partial charge in [-0.3, -0.25) is 0 Å². The molecule has 3 nitrogen and oxygen atoms in total. The van der Waals surface area contributed by atoms with Crippen molar-refractivity contribution in [3.05, 3.63) is 0 Å². The van der Waals surface area contributed by atoms with E-state index < -0.39 is 0 Å². The average molecular weight is 197 g/mol. The molecule has 3 heteroatoms. The zero-order valence-corrected chi connectivity index (χ0v) is 9.50. The predicted molar refractivity (Wildman–Crippen MR) is 59.5 cm³/mol. The van der Waals surface area contributed by atoms with E-state index in [0.29, 0.717) is 0 Å². The van der Waals surface area contributed by atoms with Crippen LogP contribution in [-0.2, 0) is 0 Å². The molecule has 0 saturated carbocycles. The summed E-state index contributed by atoms with van der Waals surface area (Å²) in [5.41, 5.74) is 0. The Morgan fingerprint density at radius 2 is 1.79 bits per heavy atom. The molecule has 0 spiro atoms. The van der Waals surface area contributed by atoms with Gasteiger partial charge in [0.1, 0.15) is 0 Å². The van der Waals surface area contributed by atoms with Crippen LogP contribution in [0.4, 0.5) is 0 Å². The number of hydrogen-bond donors (Lipinski definition) is 1. The Morgan fingerprint density at radius 3 is 2.50 bits per heavy atom. The Labute approximate surface area is 87.4 Å². The molecule has 0 amide bonds. The van der Waals surface area contributed by atoms with Crippen LogP contribution < -0.4 is 5.32 Å². The molecule has 0 bridgehead atoms. The van der Waals surface area contributed by atoms with Crippen molar-refractivity contribution in [1.29, 1.82) is 0 Å². The highest BCUT2D eigenvalue weighted by Crippen LogP contribution is 2.22. The molecule has 0 aromatic carbocycles. The lowest BCUT2D eigenvalue weighted by molar-refractivity contribution is 0.0638. The summed E-state index contributed by atoms with van der Waals surface area (Å²) in [6.45, 7) is 6.18. The number of rotatable bonds is 1. The van der Waals surface area contributed by atoms with Crippen molar-refractivity contribution in [3.63, 3.8) is 0 Å². The fraction of sp³-hybridized carbons (Fsp3) is 1.00. The second-order valence-corrected chi connectivity index (χ2v) is 4.90. The molecule has 2 fully saturated rings. The van der Waals surface area contributed by atoms with Crippen LogP contribution >= 0.6 is 0 Å². The van der Waals surface area contributed by atoms with Gasteiger partial charge in [0.2, 0.25) is 0 Å². The molecule has 0 aromatic heterocycles. The fourth-order valence-corrected chi connectivity index (χ4v) is 2.78. The van der Waals surface area contributed by atoms with Crippen molar-refractivity contribution in [2.45, 2.75) is 18.9 Å². The van der Waals surface area contributed by atoms with Crippen LogP contribution in [0.1, 0.15) is 12.8 Å². The largest absolute Gasteiger partial charge is 0.317 e. The third-order valence-electron chi connectivity index (χ3n) is 3.83. The van der Waals surface area contributed by atoms with Crippen LogP contribution in [0.5, 0.6) is 0 Å². The van der Waals surface area contributed by atoms with E-state index >= 15 is 0 Å². The fourth-order valence-electron chi connectivity index (χ4n) is 2.78. The van der Waals surface area contributed by atoms with E-state index in [2.05, 4.69) is 29.2 Å². The lowest BCUT2D eigenvalue weighted by Crippen LogP contribution is -2.54. The van der Waals surface area contributed by atoms with Crippen LogP contribution in [0.15, 0.2) is 0 Å². The first kappa shape index (κ1) is 10.4.